The van der Waals surface area contributed by atoms with Crippen molar-refractivity contribution in [2.24, 2.45) is 0 Å². The predicted octanol–water partition coefficient (Wildman–Crippen LogP) is 1.67. The van der Waals surface area contributed by atoms with Gasteiger partial charge in [0.25, 0.3) is 5.91 Å². The summed E-state index contributed by atoms with van der Waals surface area (Å²) in [5.41, 5.74) is 1.57. The maximum atomic E-state index is 12.7. The number of hydrogen-bond donors (Lipinski definition) is 0. The van der Waals surface area contributed by atoms with Crippen LogP contribution in [0.4, 0.5) is 0 Å². The normalized spacial score (nSPS) is 23.4. The lowest BCUT2D eigenvalue weighted by Crippen LogP contribution is -2.50. The number of ether oxygens (including phenoxy) is 1. The number of piperidine rings is 1. The first kappa shape index (κ1) is 14.8. The molecule has 1 fully saturated rings. The molecule has 8 heteroatoms. The molecule has 122 valence electrons. The molecule has 0 saturated carbocycles. The Kier molecular flexibility index (Phi) is 3.86. The van der Waals surface area contributed by atoms with Gasteiger partial charge in [-0.1, -0.05) is 12.1 Å². The van der Waals surface area contributed by atoms with Gasteiger partial charge in [0.2, 0.25) is 0 Å². The quantitative estimate of drug-likeness (QED) is 0.854. The topological polar surface area (TPSA) is 73.1 Å². The molecule has 4 rings (SSSR count). The van der Waals surface area contributed by atoms with Crippen molar-refractivity contribution < 1.29 is 9.53 Å². The standard InChI is InChI=1S/C15H19N5O2S/c1-2-3-14-17-11(9-23-14)15(21)19-5-4-12-13(7-19)22-8-10-6-16-18-20(10)12/h6,9,12-13H,2-5,7-8H2,1H3/t12-,13-/m0/s1. The molecule has 0 spiro atoms. The van der Waals surface area contributed by atoms with Crippen LogP contribution in [-0.4, -0.2) is 50.0 Å². The van der Waals surface area contributed by atoms with Crippen molar-refractivity contribution in [3.63, 3.8) is 0 Å². The molecule has 0 aromatic carbocycles. The average molecular weight is 333 g/mol. The molecule has 23 heavy (non-hydrogen) atoms. The lowest BCUT2D eigenvalue weighted by molar-refractivity contribution is -0.0628. The van der Waals surface area contributed by atoms with Gasteiger partial charge >= 0.3 is 0 Å². The van der Waals surface area contributed by atoms with E-state index in [4.69, 9.17) is 4.74 Å². The van der Waals surface area contributed by atoms with Crippen molar-refractivity contribution in [3.8, 4) is 0 Å². The van der Waals surface area contributed by atoms with Gasteiger partial charge in [-0.05, 0) is 19.3 Å². The summed E-state index contributed by atoms with van der Waals surface area (Å²) in [5.74, 6) is 0.00930. The zero-order chi connectivity index (χ0) is 15.8. The fourth-order valence-corrected chi connectivity index (χ4v) is 4.15. The minimum Gasteiger partial charge on any atom is -0.368 e. The number of thiazole rings is 1. The van der Waals surface area contributed by atoms with Crippen LogP contribution in [0.25, 0.3) is 0 Å². The lowest BCUT2D eigenvalue weighted by atomic mass is 10.00. The first-order valence-electron chi connectivity index (χ1n) is 8.00. The third kappa shape index (κ3) is 2.66. The van der Waals surface area contributed by atoms with Crippen LogP contribution < -0.4 is 0 Å². The summed E-state index contributed by atoms with van der Waals surface area (Å²) < 4.78 is 7.87. The third-order valence-corrected chi connectivity index (χ3v) is 5.36. The molecule has 2 aliphatic heterocycles. The van der Waals surface area contributed by atoms with Crippen LogP contribution in [0.5, 0.6) is 0 Å². The minimum atomic E-state index is -0.0179. The highest BCUT2D eigenvalue weighted by Crippen LogP contribution is 2.31. The number of hydrogen-bond acceptors (Lipinski definition) is 6. The molecule has 2 aliphatic rings. The molecule has 1 amide bonds. The zero-order valence-corrected chi connectivity index (χ0v) is 13.8. The molecule has 0 N–H and O–H groups in total. The van der Waals surface area contributed by atoms with E-state index < -0.39 is 0 Å². The van der Waals surface area contributed by atoms with Gasteiger partial charge in [-0.15, -0.1) is 16.4 Å². The SMILES string of the molecule is CCCc1nc(C(=O)N2CC[C@H]3[C@H](C2)OCc2cnnn23)cs1. The van der Waals surface area contributed by atoms with Gasteiger partial charge in [0, 0.05) is 18.5 Å². The maximum absolute atomic E-state index is 12.7. The molecule has 2 aromatic rings. The van der Waals surface area contributed by atoms with Gasteiger partial charge < -0.3 is 9.64 Å². The second kappa shape index (κ2) is 6.01. The monoisotopic (exact) mass is 333 g/mol. The molecule has 2 aromatic heterocycles. The first-order chi connectivity index (χ1) is 11.3. The van der Waals surface area contributed by atoms with Crippen molar-refractivity contribution in [3.05, 3.63) is 28.0 Å². The van der Waals surface area contributed by atoms with E-state index in [-0.39, 0.29) is 18.1 Å². The van der Waals surface area contributed by atoms with E-state index in [1.165, 1.54) is 0 Å². The molecule has 1 saturated heterocycles. The van der Waals surface area contributed by atoms with Gasteiger partial charge in [0.1, 0.15) is 5.69 Å². The Morgan fingerprint density at radius 3 is 3.30 bits per heavy atom. The van der Waals surface area contributed by atoms with E-state index in [0.717, 1.165) is 30.0 Å². The molecular weight excluding hydrogens is 314 g/mol. The fourth-order valence-electron chi connectivity index (χ4n) is 3.27. The maximum Gasteiger partial charge on any atom is 0.273 e. The molecule has 0 aliphatic carbocycles. The van der Waals surface area contributed by atoms with Crippen LogP contribution in [-0.2, 0) is 17.8 Å². The molecule has 0 radical (unpaired) electrons. The summed E-state index contributed by atoms with van der Waals surface area (Å²) in [6.45, 7) is 3.91. The summed E-state index contributed by atoms with van der Waals surface area (Å²) in [7, 11) is 0. The molecule has 0 bridgehead atoms. The Bertz CT molecular complexity index is 712. The molecule has 2 atom stereocenters. The van der Waals surface area contributed by atoms with E-state index in [0.29, 0.717) is 25.4 Å². The Balaban J connectivity index is 1.47. The average Bonchev–Trinajstić information content (AvgIpc) is 3.23. The van der Waals surface area contributed by atoms with Gasteiger partial charge in [0.05, 0.1) is 35.7 Å². The van der Waals surface area contributed by atoms with E-state index in [2.05, 4.69) is 22.2 Å². The number of likely N-dealkylation sites (tertiary alicyclic amines) is 1. The predicted molar refractivity (Wildman–Crippen MR) is 84.3 cm³/mol. The van der Waals surface area contributed by atoms with E-state index in [9.17, 15) is 4.79 Å². The summed E-state index contributed by atoms with van der Waals surface area (Å²) in [4.78, 5) is 19.0. The summed E-state index contributed by atoms with van der Waals surface area (Å²) >= 11 is 1.57. The Morgan fingerprint density at radius 1 is 1.52 bits per heavy atom. The Labute approximate surface area is 138 Å². The summed E-state index contributed by atoms with van der Waals surface area (Å²) in [6, 6.07) is 0.177. The van der Waals surface area contributed by atoms with Crippen LogP contribution in [0.3, 0.4) is 0 Å². The van der Waals surface area contributed by atoms with Crippen LogP contribution in [0.2, 0.25) is 0 Å². The molecule has 7 nitrogen and oxygen atoms in total. The smallest absolute Gasteiger partial charge is 0.273 e. The summed E-state index contributed by atoms with van der Waals surface area (Å²) in [5, 5.41) is 11.0. The number of fused-ring (bicyclic) bond motifs is 3. The van der Waals surface area contributed by atoms with Crippen molar-refractivity contribution in [2.45, 2.75) is 44.9 Å². The number of aromatic nitrogens is 4. The summed E-state index contributed by atoms with van der Waals surface area (Å²) in [6.07, 6.45) is 4.54. The lowest BCUT2D eigenvalue weighted by Gasteiger charge is -2.40. The van der Waals surface area contributed by atoms with Gasteiger partial charge in [-0.2, -0.15) is 0 Å². The van der Waals surface area contributed by atoms with Crippen molar-refractivity contribution >= 4 is 17.2 Å². The van der Waals surface area contributed by atoms with E-state index in [1.54, 1.807) is 17.5 Å². The van der Waals surface area contributed by atoms with Gasteiger partial charge in [-0.3, -0.25) is 4.79 Å². The highest BCUT2D eigenvalue weighted by Gasteiger charge is 2.38. The second-order valence-electron chi connectivity index (χ2n) is 6.00. The highest BCUT2D eigenvalue weighted by atomic mass is 32.1. The van der Waals surface area contributed by atoms with Crippen LogP contribution in [0, 0.1) is 0 Å². The number of aryl methyl sites for hydroxylation is 1. The fraction of sp³-hybridized carbons (Fsp3) is 0.600. The first-order valence-corrected chi connectivity index (χ1v) is 8.88. The second-order valence-corrected chi connectivity index (χ2v) is 6.95. The minimum absolute atomic E-state index is 0.00930. The molecule has 4 heterocycles. The van der Waals surface area contributed by atoms with Crippen molar-refractivity contribution in [2.75, 3.05) is 13.1 Å². The number of carbonyl (C=O) groups excluding carboxylic acids is 1. The largest absolute Gasteiger partial charge is 0.368 e. The van der Waals surface area contributed by atoms with E-state index >= 15 is 0 Å². The molecular formula is C15H19N5O2S. The van der Waals surface area contributed by atoms with Crippen molar-refractivity contribution in [1.29, 1.82) is 0 Å². The highest BCUT2D eigenvalue weighted by molar-refractivity contribution is 7.09. The number of carbonyl (C=O) groups is 1. The van der Waals surface area contributed by atoms with Crippen LogP contribution in [0.15, 0.2) is 11.6 Å². The van der Waals surface area contributed by atoms with E-state index in [1.807, 2.05) is 15.0 Å². The zero-order valence-electron chi connectivity index (χ0n) is 13.0. The van der Waals surface area contributed by atoms with Gasteiger partial charge in [-0.25, -0.2) is 9.67 Å². The Hall–Kier alpha value is -1.80. The third-order valence-electron chi connectivity index (χ3n) is 4.45. The van der Waals surface area contributed by atoms with Crippen molar-refractivity contribution in [1.82, 2.24) is 24.9 Å². The molecule has 0 unspecified atom stereocenters. The number of nitrogens with zero attached hydrogens (tertiary/aromatic N) is 5. The van der Waals surface area contributed by atoms with Crippen LogP contribution in [0.1, 0.15) is 47.0 Å². The number of rotatable bonds is 3. The van der Waals surface area contributed by atoms with Gasteiger partial charge in [0.15, 0.2) is 0 Å². The Morgan fingerprint density at radius 2 is 2.43 bits per heavy atom. The number of amides is 1. The van der Waals surface area contributed by atoms with Crippen LogP contribution >= 0.6 is 11.3 Å².